The zero-order chi connectivity index (χ0) is 18.9. The molecule has 0 aliphatic carbocycles. The topological polar surface area (TPSA) is 109 Å². The van der Waals surface area contributed by atoms with Gasteiger partial charge >= 0.3 is 0 Å². The van der Waals surface area contributed by atoms with Gasteiger partial charge in [-0.15, -0.1) is 11.8 Å². The van der Waals surface area contributed by atoms with Crippen LogP contribution < -0.4 is 5.73 Å². The smallest absolute Gasteiger partial charge is 0.242 e. The number of hydrogen-bond donors (Lipinski definition) is 1. The molecule has 1 aromatic heterocycles. The maximum absolute atomic E-state index is 13.6. The lowest BCUT2D eigenvalue weighted by Crippen LogP contribution is -2.54. The zero-order valence-corrected chi connectivity index (χ0v) is 15.4. The number of nitrogens with zero attached hydrogens (tertiary/aromatic N) is 4. The Morgan fingerprint density at radius 2 is 2.27 bits per heavy atom. The zero-order valence-electron chi connectivity index (χ0n) is 14.6. The van der Waals surface area contributed by atoms with Crippen molar-refractivity contribution in [2.24, 2.45) is 5.73 Å². The number of fused-ring (bicyclic) bond motifs is 1. The second-order valence-corrected chi connectivity index (χ2v) is 8.56. The summed E-state index contributed by atoms with van der Waals surface area (Å²) in [4.78, 5) is 14.0. The van der Waals surface area contributed by atoms with E-state index in [0.29, 0.717) is 16.8 Å². The van der Waals surface area contributed by atoms with Crippen molar-refractivity contribution in [3.8, 4) is 6.07 Å². The summed E-state index contributed by atoms with van der Waals surface area (Å²) in [5.74, 6) is 0.231. The molecule has 7 nitrogen and oxygen atoms in total. The van der Waals surface area contributed by atoms with Gasteiger partial charge in [0.05, 0.1) is 18.7 Å². The van der Waals surface area contributed by atoms with Gasteiger partial charge < -0.3 is 10.6 Å². The number of rotatable bonds is 5. The quantitative estimate of drug-likeness (QED) is 0.849. The molecule has 3 unspecified atom stereocenters. The summed E-state index contributed by atoms with van der Waals surface area (Å²) in [6, 6.07) is 6.02. The summed E-state index contributed by atoms with van der Waals surface area (Å²) in [7, 11) is 0. The van der Waals surface area contributed by atoms with Gasteiger partial charge in [-0.2, -0.15) is 5.26 Å². The molecular formula is C17H20FN5O2S. The van der Waals surface area contributed by atoms with Gasteiger partial charge in [0.1, 0.15) is 23.2 Å². The number of alkyl halides is 1. The average molecular weight is 377 g/mol. The molecule has 2 heterocycles. The van der Waals surface area contributed by atoms with Crippen molar-refractivity contribution in [3.63, 3.8) is 0 Å². The molecule has 3 rings (SSSR count). The van der Waals surface area contributed by atoms with Crippen LogP contribution in [0.1, 0.15) is 25.8 Å². The lowest BCUT2D eigenvalue weighted by Gasteiger charge is -2.33. The van der Waals surface area contributed by atoms with E-state index in [1.807, 2.05) is 38.1 Å². The number of likely N-dealkylation sites (tertiary alicyclic amines) is 1. The Hall–Kier alpha value is -2.18. The van der Waals surface area contributed by atoms with E-state index in [-0.39, 0.29) is 18.9 Å². The molecule has 0 spiro atoms. The fourth-order valence-electron chi connectivity index (χ4n) is 2.90. The van der Waals surface area contributed by atoms with Crippen LogP contribution in [-0.4, -0.2) is 50.7 Å². The number of carbonyl (C=O) groups excluding carboxylic acids is 1. The van der Waals surface area contributed by atoms with Crippen LogP contribution in [0.4, 0.5) is 4.39 Å². The van der Waals surface area contributed by atoms with Crippen molar-refractivity contribution in [2.45, 2.75) is 49.0 Å². The summed E-state index contributed by atoms with van der Waals surface area (Å²) in [6.07, 6.45) is -1.12. The Balaban J connectivity index is 1.66. The van der Waals surface area contributed by atoms with Gasteiger partial charge in [0.2, 0.25) is 5.91 Å². The highest BCUT2D eigenvalue weighted by molar-refractivity contribution is 7.99. The van der Waals surface area contributed by atoms with E-state index in [9.17, 15) is 9.18 Å². The molecule has 26 heavy (non-hydrogen) atoms. The summed E-state index contributed by atoms with van der Waals surface area (Å²) in [6.45, 7) is 3.68. The van der Waals surface area contributed by atoms with Gasteiger partial charge in [0.25, 0.3) is 0 Å². The number of benzene rings is 1. The number of halogens is 1. The maximum Gasteiger partial charge on any atom is 0.242 e. The highest BCUT2D eigenvalue weighted by atomic mass is 32.2. The minimum Gasteiger partial charge on any atom is -0.322 e. The number of thioether (sulfide) groups is 1. The third-order valence-corrected chi connectivity index (χ3v) is 6.10. The number of hydrogen-bond acceptors (Lipinski definition) is 7. The van der Waals surface area contributed by atoms with E-state index < -0.39 is 23.0 Å². The molecule has 1 aliphatic heterocycles. The normalized spacial score (nSPS) is 21.7. The molecule has 9 heteroatoms. The Kier molecular flexibility index (Phi) is 5.16. The van der Waals surface area contributed by atoms with E-state index in [1.165, 1.54) is 16.7 Å². The van der Waals surface area contributed by atoms with E-state index in [1.54, 1.807) is 0 Å². The maximum atomic E-state index is 13.6. The van der Waals surface area contributed by atoms with Crippen molar-refractivity contribution >= 4 is 28.7 Å². The van der Waals surface area contributed by atoms with Crippen molar-refractivity contribution in [1.82, 2.24) is 15.2 Å². The third kappa shape index (κ3) is 3.66. The van der Waals surface area contributed by atoms with Crippen LogP contribution in [0.15, 0.2) is 22.8 Å². The van der Waals surface area contributed by atoms with Crippen molar-refractivity contribution in [2.75, 3.05) is 6.54 Å². The SMILES string of the molecule is CC(C)(SCc1ccc2nonc2c1)C(N)C(=O)N1CC(F)CC1C#N. The highest BCUT2D eigenvalue weighted by Gasteiger charge is 2.42. The van der Waals surface area contributed by atoms with Crippen LogP contribution in [0.2, 0.25) is 0 Å². The molecule has 1 fully saturated rings. The highest BCUT2D eigenvalue weighted by Crippen LogP contribution is 2.33. The third-order valence-electron chi connectivity index (χ3n) is 4.63. The van der Waals surface area contributed by atoms with E-state index in [2.05, 4.69) is 14.9 Å². The Morgan fingerprint density at radius 1 is 1.54 bits per heavy atom. The van der Waals surface area contributed by atoms with Crippen LogP contribution in [0.25, 0.3) is 11.0 Å². The van der Waals surface area contributed by atoms with Crippen molar-refractivity contribution < 1.29 is 13.8 Å². The first kappa shape index (κ1) is 18.6. The van der Waals surface area contributed by atoms with E-state index in [0.717, 1.165) is 5.56 Å². The number of nitrogens with two attached hydrogens (primary N) is 1. The Morgan fingerprint density at radius 3 is 3.00 bits per heavy atom. The molecule has 0 bridgehead atoms. The summed E-state index contributed by atoms with van der Waals surface area (Å²) >= 11 is 1.52. The lowest BCUT2D eigenvalue weighted by molar-refractivity contribution is -0.133. The second-order valence-electron chi connectivity index (χ2n) is 6.93. The van der Waals surface area contributed by atoms with Crippen LogP contribution in [0.5, 0.6) is 0 Å². The molecule has 2 N–H and O–H groups in total. The number of amides is 1. The van der Waals surface area contributed by atoms with Crippen molar-refractivity contribution in [3.05, 3.63) is 23.8 Å². The minimum atomic E-state index is -1.17. The molecule has 1 amide bonds. The monoisotopic (exact) mass is 377 g/mol. The van der Waals surface area contributed by atoms with E-state index >= 15 is 0 Å². The van der Waals surface area contributed by atoms with Gasteiger partial charge in [-0.25, -0.2) is 9.02 Å². The predicted molar refractivity (Wildman–Crippen MR) is 95.8 cm³/mol. The molecule has 1 saturated heterocycles. The molecule has 0 saturated carbocycles. The molecule has 3 atom stereocenters. The predicted octanol–water partition coefficient (Wildman–Crippen LogP) is 2.02. The fourth-order valence-corrected chi connectivity index (χ4v) is 3.90. The first-order valence-corrected chi connectivity index (χ1v) is 9.25. The largest absolute Gasteiger partial charge is 0.322 e. The first-order chi connectivity index (χ1) is 12.3. The van der Waals surface area contributed by atoms with Gasteiger partial charge in [0, 0.05) is 16.9 Å². The molecule has 1 aliphatic rings. The van der Waals surface area contributed by atoms with E-state index in [4.69, 9.17) is 11.0 Å². The van der Waals surface area contributed by atoms with Gasteiger partial charge in [0.15, 0.2) is 0 Å². The molecular weight excluding hydrogens is 357 g/mol. The fraction of sp³-hybridized carbons (Fsp3) is 0.529. The Bertz CT molecular complexity index is 849. The van der Waals surface area contributed by atoms with Crippen LogP contribution in [-0.2, 0) is 10.5 Å². The molecule has 0 radical (unpaired) electrons. The standard InChI is InChI=1S/C17H20FN5O2S/c1-17(2,15(20)16(24)23-8-11(18)6-12(23)7-19)26-9-10-3-4-13-14(5-10)22-25-21-13/h3-5,11-12,15H,6,8-9,20H2,1-2H3. The first-order valence-electron chi connectivity index (χ1n) is 8.26. The number of carbonyl (C=O) groups is 1. The molecule has 1 aromatic carbocycles. The van der Waals surface area contributed by atoms with Crippen molar-refractivity contribution in [1.29, 1.82) is 5.26 Å². The minimum absolute atomic E-state index is 0.0499. The number of nitriles is 1. The van der Waals surface area contributed by atoms with Gasteiger partial charge in [-0.1, -0.05) is 6.07 Å². The average Bonchev–Trinajstić information content (AvgIpc) is 3.24. The lowest BCUT2D eigenvalue weighted by atomic mass is 10.0. The number of aromatic nitrogens is 2. The summed E-state index contributed by atoms with van der Waals surface area (Å²) in [5, 5.41) is 16.7. The van der Waals surface area contributed by atoms with Crippen LogP contribution in [0, 0.1) is 11.3 Å². The summed E-state index contributed by atoms with van der Waals surface area (Å²) in [5.41, 5.74) is 8.55. The second kappa shape index (κ2) is 7.21. The molecule has 2 aromatic rings. The van der Waals surface area contributed by atoms with Gasteiger partial charge in [-0.05, 0) is 41.9 Å². The van der Waals surface area contributed by atoms with Crippen LogP contribution >= 0.6 is 11.8 Å². The van der Waals surface area contributed by atoms with Crippen LogP contribution in [0.3, 0.4) is 0 Å². The molecule has 138 valence electrons. The van der Waals surface area contributed by atoms with Gasteiger partial charge in [-0.3, -0.25) is 4.79 Å². The summed E-state index contributed by atoms with van der Waals surface area (Å²) < 4.78 is 17.7. The Labute approximate surface area is 154 Å².